The van der Waals surface area contributed by atoms with Gasteiger partial charge in [-0.1, -0.05) is 31.2 Å². The van der Waals surface area contributed by atoms with E-state index >= 15 is 0 Å². The number of amides is 1. The molecule has 0 aliphatic carbocycles. The van der Waals surface area contributed by atoms with E-state index in [4.69, 9.17) is 4.42 Å². The molecule has 164 valence electrons. The summed E-state index contributed by atoms with van der Waals surface area (Å²) in [5.41, 5.74) is 2.48. The van der Waals surface area contributed by atoms with Crippen molar-refractivity contribution in [3.63, 3.8) is 0 Å². The predicted molar refractivity (Wildman–Crippen MR) is 123 cm³/mol. The second-order valence-corrected chi connectivity index (χ2v) is 8.54. The number of benzene rings is 1. The van der Waals surface area contributed by atoms with E-state index < -0.39 is 6.04 Å². The maximum absolute atomic E-state index is 14.0. The van der Waals surface area contributed by atoms with Crippen molar-refractivity contribution in [3.05, 3.63) is 94.2 Å². The molecular weight excluding hydrogens is 425 g/mol. The first-order valence-electron chi connectivity index (χ1n) is 10.5. The van der Waals surface area contributed by atoms with Crippen LogP contribution >= 0.6 is 11.3 Å². The second kappa shape index (κ2) is 9.44. The van der Waals surface area contributed by atoms with E-state index in [-0.39, 0.29) is 17.4 Å². The van der Waals surface area contributed by atoms with Crippen molar-refractivity contribution < 1.29 is 13.6 Å². The average molecular weight is 450 g/mol. The van der Waals surface area contributed by atoms with Crippen LogP contribution in [0.15, 0.2) is 64.7 Å². The van der Waals surface area contributed by atoms with Crippen molar-refractivity contribution >= 4 is 17.2 Å². The van der Waals surface area contributed by atoms with Crippen LogP contribution in [0.25, 0.3) is 10.8 Å². The van der Waals surface area contributed by atoms with Crippen molar-refractivity contribution in [1.82, 2.24) is 14.9 Å². The lowest BCUT2D eigenvalue weighted by molar-refractivity contribution is 0.0698. The first kappa shape index (κ1) is 21.9. The van der Waals surface area contributed by atoms with Gasteiger partial charge in [-0.2, -0.15) is 0 Å². The van der Waals surface area contributed by atoms with Gasteiger partial charge < -0.3 is 9.32 Å². The molecule has 7 heteroatoms. The number of nitrogens with zero attached hydrogens (tertiary/aromatic N) is 3. The number of rotatable bonds is 7. The van der Waals surface area contributed by atoms with Crippen LogP contribution in [-0.2, 0) is 0 Å². The average Bonchev–Trinajstić information content (AvgIpc) is 3.46. The summed E-state index contributed by atoms with van der Waals surface area (Å²) in [5.74, 6) is 0.402. The summed E-state index contributed by atoms with van der Waals surface area (Å²) in [6.45, 7) is 5.99. The molecule has 0 aliphatic rings. The van der Waals surface area contributed by atoms with Gasteiger partial charge >= 0.3 is 0 Å². The van der Waals surface area contributed by atoms with E-state index in [1.54, 1.807) is 43.3 Å². The number of halogens is 1. The minimum atomic E-state index is -0.434. The van der Waals surface area contributed by atoms with Crippen LogP contribution in [0.5, 0.6) is 0 Å². The fourth-order valence-corrected chi connectivity index (χ4v) is 4.40. The highest BCUT2D eigenvalue weighted by Crippen LogP contribution is 2.33. The lowest BCUT2D eigenvalue weighted by Gasteiger charge is -2.32. The van der Waals surface area contributed by atoms with Crippen LogP contribution < -0.4 is 0 Å². The molecule has 0 radical (unpaired) electrons. The summed E-state index contributed by atoms with van der Waals surface area (Å²) in [6, 6.07) is 12.1. The largest absolute Gasteiger partial charge is 0.440 e. The summed E-state index contributed by atoms with van der Waals surface area (Å²) < 4.78 is 19.8. The molecular formula is C25H24FN3O2S. The van der Waals surface area contributed by atoms with E-state index in [0.29, 0.717) is 23.8 Å². The van der Waals surface area contributed by atoms with Crippen LogP contribution in [0.4, 0.5) is 4.39 Å². The molecule has 3 aromatic heterocycles. The SMILES string of the molecule is CCCN(C(=O)c1nc(-c2cccs2)oc1C)C(c1cccnc1)c1ccc(F)c(C)c1. The zero-order valence-electron chi connectivity index (χ0n) is 18.2. The second-order valence-electron chi connectivity index (χ2n) is 7.60. The number of carbonyl (C=O) groups excluding carboxylic acids is 1. The van der Waals surface area contributed by atoms with Crippen molar-refractivity contribution in [2.75, 3.05) is 6.54 Å². The third-order valence-electron chi connectivity index (χ3n) is 5.27. The Labute approximate surface area is 190 Å². The van der Waals surface area contributed by atoms with Crippen LogP contribution in [0.3, 0.4) is 0 Å². The van der Waals surface area contributed by atoms with Crippen molar-refractivity contribution in [3.8, 4) is 10.8 Å². The van der Waals surface area contributed by atoms with Crippen molar-refractivity contribution in [2.24, 2.45) is 0 Å². The number of pyridine rings is 1. The molecule has 1 amide bonds. The first-order chi connectivity index (χ1) is 15.5. The number of oxazole rings is 1. The lowest BCUT2D eigenvalue weighted by Crippen LogP contribution is -2.37. The summed E-state index contributed by atoms with van der Waals surface area (Å²) in [5, 5.41) is 1.94. The number of carbonyl (C=O) groups is 1. The van der Waals surface area contributed by atoms with Crippen LogP contribution in [0.1, 0.15) is 52.3 Å². The summed E-state index contributed by atoms with van der Waals surface area (Å²) >= 11 is 1.51. The minimum Gasteiger partial charge on any atom is -0.440 e. The Morgan fingerprint density at radius 1 is 1.19 bits per heavy atom. The molecule has 3 heterocycles. The molecule has 0 saturated heterocycles. The van der Waals surface area contributed by atoms with Gasteiger partial charge in [0, 0.05) is 18.9 Å². The fraction of sp³-hybridized carbons (Fsp3) is 0.240. The highest BCUT2D eigenvalue weighted by molar-refractivity contribution is 7.13. The Bertz CT molecular complexity index is 1210. The number of thiophene rings is 1. The summed E-state index contributed by atoms with van der Waals surface area (Å²) in [4.78, 5) is 25.2. The molecule has 1 atom stereocenters. The zero-order chi connectivity index (χ0) is 22.7. The van der Waals surface area contributed by atoms with Gasteiger partial charge in [-0.3, -0.25) is 9.78 Å². The number of hydrogen-bond donors (Lipinski definition) is 0. The van der Waals surface area contributed by atoms with E-state index in [0.717, 1.165) is 22.4 Å². The Balaban J connectivity index is 1.80. The predicted octanol–water partition coefficient (Wildman–Crippen LogP) is 6.20. The fourth-order valence-electron chi connectivity index (χ4n) is 3.75. The third-order valence-corrected chi connectivity index (χ3v) is 6.12. The Hall–Kier alpha value is -3.32. The molecule has 0 aliphatic heterocycles. The molecule has 4 rings (SSSR count). The van der Waals surface area contributed by atoms with Gasteiger partial charge in [0.1, 0.15) is 11.6 Å². The maximum Gasteiger partial charge on any atom is 0.276 e. The Morgan fingerprint density at radius 3 is 2.69 bits per heavy atom. The molecule has 1 unspecified atom stereocenters. The van der Waals surface area contributed by atoms with Gasteiger partial charge in [0.05, 0.1) is 10.9 Å². The van der Waals surface area contributed by atoms with Gasteiger partial charge in [-0.15, -0.1) is 11.3 Å². The highest BCUT2D eigenvalue weighted by atomic mass is 32.1. The van der Waals surface area contributed by atoms with Crippen LogP contribution in [0.2, 0.25) is 0 Å². The lowest BCUT2D eigenvalue weighted by atomic mass is 9.96. The number of aryl methyl sites for hydroxylation is 2. The molecule has 0 bridgehead atoms. The third kappa shape index (κ3) is 4.34. The summed E-state index contributed by atoms with van der Waals surface area (Å²) in [6.07, 6.45) is 4.18. The standard InChI is InChI=1S/C25H24FN3O2S/c1-4-12-29(25(30)22-17(3)31-24(28-22)21-8-6-13-32-21)23(19-7-5-11-27-15-19)18-9-10-20(26)16(2)14-18/h5-11,13-15,23H,4,12H2,1-3H3. The normalized spacial score (nSPS) is 12.0. The number of hydrogen-bond acceptors (Lipinski definition) is 5. The maximum atomic E-state index is 14.0. The van der Waals surface area contributed by atoms with E-state index in [1.807, 2.05) is 36.6 Å². The molecule has 5 nitrogen and oxygen atoms in total. The van der Waals surface area contributed by atoms with E-state index in [2.05, 4.69) is 9.97 Å². The van der Waals surface area contributed by atoms with E-state index in [9.17, 15) is 9.18 Å². The van der Waals surface area contributed by atoms with Crippen LogP contribution in [-0.4, -0.2) is 27.3 Å². The number of aromatic nitrogens is 2. The minimum absolute atomic E-state index is 0.230. The van der Waals surface area contributed by atoms with Gasteiger partial charge in [0.2, 0.25) is 5.89 Å². The van der Waals surface area contributed by atoms with Gasteiger partial charge in [0.15, 0.2) is 5.69 Å². The monoisotopic (exact) mass is 449 g/mol. The molecule has 4 aromatic rings. The molecule has 0 saturated carbocycles. The quantitative estimate of drug-likeness (QED) is 0.337. The molecule has 1 aromatic carbocycles. The van der Waals surface area contributed by atoms with E-state index in [1.165, 1.54) is 17.4 Å². The molecule has 0 N–H and O–H groups in total. The smallest absolute Gasteiger partial charge is 0.276 e. The Kier molecular flexibility index (Phi) is 6.46. The van der Waals surface area contributed by atoms with Crippen molar-refractivity contribution in [1.29, 1.82) is 0 Å². The Morgan fingerprint density at radius 2 is 2.03 bits per heavy atom. The molecule has 0 spiro atoms. The highest BCUT2D eigenvalue weighted by Gasteiger charge is 2.31. The zero-order valence-corrected chi connectivity index (χ0v) is 19.0. The topological polar surface area (TPSA) is 59.2 Å². The van der Waals surface area contributed by atoms with Gasteiger partial charge in [-0.25, -0.2) is 9.37 Å². The van der Waals surface area contributed by atoms with Crippen LogP contribution in [0, 0.1) is 19.7 Å². The van der Waals surface area contributed by atoms with Gasteiger partial charge in [0.25, 0.3) is 5.91 Å². The summed E-state index contributed by atoms with van der Waals surface area (Å²) in [7, 11) is 0. The molecule has 32 heavy (non-hydrogen) atoms. The molecule has 0 fully saturated rings. The first-order valence-corrected chi connectivity index (χ1v) is 11.4. The van der Waals surface area contributed by atoms with Crippen molar-refractivity contribution in [2.45, 2.75) is 33.2 Å². The van der Waals surface area contributed by atoms with Gasteiger partial charge in [-0.05, 0) is 60.5 Å².